The van der Waals surface area contributed by atoms with Crippen molar-refractivity contribution in [2.24, 2.45) is 0 Å². The van der Waals surface area contributed by atoms with Crippen LogP contribution in [0.15, 0.2) is 0 Å². The van der Waals surface area contributed by atoms with E-state index in [9.17, 15) is 0 Å². The summed E-state index contributed by atoms with van der Waals surface area (Å²) in [6.45, 7) is 7.40. The van der Waals surface area contributed by atoms with E-state index in [1.807, 2.05) is 7.05 Å². The maximum Gasteiger partial charge on any atom is 0.0147 e. The molecule has 0 aromatic heterocycles. The first-order chi connectivity index (χ1) is 6.33. The van der Waals surface area contributed by atoms with Gasteiger partial charge in [-0.25, -0.2) is 0 Å². The van der Waals surface area contributed by atoms with Gasteiger partial charge in [-0.2, -0.15) is 11.8 Å². The SMILES string of the molecule is CNCCCCN1CCSC(C)C1. The van der Waals surface area contributed by atoms with E-state index in [4.69, 9.17) is 0 Å². The minimum atomic E-state index is 0.845. The monoisotopic (exact) mass is 202 g/mol. The summed E-state index contributed by atoms with van der Waals surface area (Å²) >= 11 is 2.11. The molecule has 0 aromatic rings. The molecular formula is C10H22N2S. The van der Waals surface area contributed by atoms with Gasteiger partial charge < -0.3 is 10.2 Å². The van der Waals surface area contributed by atoms with Crippen molar-refractivity contribution in [1.29, 1.82) is 0 Å². The highest BCUT2D eigenvalue weighted by Gasteiger charge is 2.15. The van der Waals surface area contributed by atoms with Gasteiger partial charge in [0.15, 0.2) is 0 Å². The second-order valence-corrected chi connectivity index (χ2v) is 5.34. The number of hydrogen-bond acceptors (Lipinski definition) is 3. The molecule has 2 nitrogen and oxygen atoms in total. The van der Waals surface area contributed by atoms with Crippen LogP contribution < -0.4 is 5.32 Å². The summed E-state index contributed by atoms with van der Waals surface area (Å²) in [7, 11) is 2.03. The summed E-state index contributed by atoms with van der Waals surface area (Å²) in [5.74, 6) is 1.33. The summed E-state index contributed by atoms with van der Waals surface area (Å²) in [5, 5.41) is 4.04. The highest BCUT2D eigenvalue weighted by Crippen LogP contribution is 2.17. The fourth-order valence-corrected chi connectivity index (χ4v) is 2.81. The quantitative estimate of drug-likeness (QED) is 0.679. The van der Waals surface area contributed by atoms with Gasteiger partial charge in [-0.3, -0.25) is 0 Å². The summed E-state index contributed by atoms with van der Waals surface area (Å²) in [6.07, 6.45) is 2.66. The first-order valence-corrected chi connectivity index (χ1v) is 6.36. The lowest BCUT2D eigenvalue weighted by atomic mass is 10.2. The number of hydrogen-bond donors (Lipinski definition) is 1. The average Bonchev–Trinajstić information content (AvgIpc) is 2.13. The van der Waals surface area contributed by atoms with Crippen LogP contribution in [0.3, 0.4) is 0 Å². The molecule has 1 unspecified atom stereocenters. The van der Waals surface area contributed by atoms with Crippen molar-refractivity contribution in [1.82, 2.24) is 10.2 Å². The highest BCUT2D eigenvalue weighted by atomic mass is 32.2. The Labute approximate surface area is 86.5 Å². The van der Waals surface area contributed by atoms with Gasteiger partial charge in [0.25, 0.3) is 0 Å². The van der Waals surface area contributed by atoms with Crippen molar-refractivity contribution in [2.45, 2.75) is 25.0 Å². The molecule has 1 atom stereocenters. The van der Waals surface area contributed by atoms with E-state index in [1.54, 1.807) is 0 Å². The van der Waals surface area contributed by atoms with E-state index >= 15 is 0 Å². The van der Waals surface area contributed by atoms with Crippen LogP contribution in [0.5, 0.6) is 0 Å². The minimum Gasteiger partial charge on any atom is -0.320 e. The third kappa shape index (κ3) is 4.89. The molecule has 78 valence electrons. The molecule has 3 heteroatoms. The lowest BCUT2D eigenvalue weighted by Gasteiger charge is -2.30. The Hall–Kier alpha value is 0.270. The molecule has 0 radical (unpaired) electrons. The smallest absolute Gasteiger partial charge is 0.0147 e. The largest absolute Gasteiger partial charge is 0.320 e. The van der Waals surface area contributed by atoms with Gasteiger partial charge in [-0.05, 0) is 33.0 Å². The molecule has 0 amide bonds. The molecule has 0 spiro atoms. The van der Waals surface area contributed by atoms with Gasteiger partial charge in [0.05, 0.1) is 0 Å². The number of nitrogens with one attached hydrogen (secondary N) is 1. The molecule has 1 rings (SSSR count). The molecule has 1 heterocycles. The maximum absolute atomic E-state index is 3.19. The molecule has 0 saturated carbocycles. The molecule has 13 heavy (non-hydrogen) atoms. The fourth-order valence-electron chi connectivity index (χ4n) is 1.73. The topological polar surface area (TPSA) is 15.3 Å². The van der Waals surface area contributed by atoms with E-state index in [-0.39, 0.29) is 0 Å². The normalized spacial score (nSPS) is 24.9. The molecular weight excluding hydrogens is 180 g/mol. The van der Waals surface area contributed by atoms with Crippen LogP contribution in [0.25, 0.3) is 0 Å². The number of nitrogens with zero attached hydrogens (tertiary/aromatic N) is 1. The molecule has 0 aromatic carbocycles. The summed E-state index contributed by atoms with van der Waals surface area (Å²) in [5.41, 5.74) is 0. The van der Waals surface area contributed by atoms with E-state index in [1.165, 1.54) is 38.2 Å². The van der Waals surface area contributed by atoms with Gasteiger partial charge in [0.1, 0.15) is 0 Å². The van der Waals surface area contributed by atoms with Gasteiger partial charge in [0, 0.05) is 24.1 Å². The van der Waals surface area contributed by atoms with Crippen LogP contribution in [-0.4, -0.2) is 49.1 Å². The molecule has 0 aliphatic carbocycles. The van der Waals surface area contributed by atoms with Crippen LogP contribution in [-0.2, 0) is 0 Å². The molecule has 1 N–H and O–H groups in total. The van der Waals surface area contributed by atoms with E-state index in [0.29, 0.717) is 0 Å². The van der Waals surface area contributed by atoms with Crippen LogP contribution in [0.1, 0.15) is 19.8 Å². The van der Waals surface area contributed by atoms with E-state index in [2.05, 4.69) is 28.9 Å². The third-order valence-corrected chi connectivity index (χ3v) is 3.61. The van der Waals surface area contributed by atoms with Crippen molar-refractivity contribution in [3.63, 3.8) is 0 Å². The third-order valence-electron chi connectivity index (χ3n) is 2.48. The lowest BCUT2D eigenvalue weighted by Crippen LogP contribution is -2.37. The Morgan fingerprint density at radius 2 is 2.31 bits per heavy atom. The minimum absolute atomic E-state index is 0.845. The zero-order valence-corrected chi connectivity index (χ0v) is 9.70. The Kier molecular flexibility index (Phi) is 5.83. The average molecular weight is 202 g/mol. The van der Waals surface area contributed by atoms with E-state index in [0.717, 1.165) is 11.8 Å². The van der Waals surface area contributed by atoms with Crippen LogP contribution in [0.4, 0.5) is 0 Å². The highest BCUT2D eigenvalue weighted by molar-refractivity contribution is 7.99. The van der Waals surface area contributed by atoms with Gasteiger partial charge in [-0.1, -0.05) is 6.92 Å². The first-order valence-electron chi connectivity index (χ1n) is 5.31. The number of unbranched alkanes of at least 4 members (excludes halogenated alkanes) is 1. The Morgan fingerprint density at radius 1 is 1.46 bits per heavy atom. The second kappa shape index (κ2) is 6.68. The Balaban J connectivity index is 2.00. The maximum atomic E-state index is 3.19. The number of thioether (sulfide) groups is 1. The van der Waals surface area contributed by atoms with Gasteiger partial charge in [-0.15, -0.1) is 0 Å². The van der Waals surface area contributed by atoms with Crippen molar-refractivity contribution in [3.8, 4) is 0 Å². The molecule has 1 fully saturated rings. The lowest BCUT2D eigenvalue weighted by molar-refractivity contribution is 0.280. The summed E-state index contributed by atoms with van der Waals surface area (Å²) in [4.78, 5) is 2.61. The predicted molar refractivity (Wildman–Crippen MR) is 61.5 cm³/mol. The van der Waals surface area contributed by atoms with E-state index < -0.39 is 0 Å². The first kappa shape index (κ1) is 11.3. The van der Waals surface area contributed by atoms with Crippen LogP contribution >= 0.6 is 11.8 Å². The van der Waals surface area contributed by atoms with Crippen molar-refractivity contribution < 1.29 is 0 Å². The zero-order valence-electron chi connectivity index (χ0n) is 8.88. The van der Waals surface area contributed by atoms with Crippen molar-refractivity contribution >= 4 is 11.8 Å². The molecule has 0 bridgehead atoms. The predicted octanol–water partition coefficient (Wildman–Crippen LogP) is 1.42. The molecule has 1 aliphatic heterocycles. The van der Waals surface area contributed by atoms with Gasteiger partial charge in [0.2, 0.25) is 0 Å². The van der Waals surface area contributed by atoms with Crippen LogP contribution in [0, 0.1) is 0 Å². The zero-order chi connectivity index (χ0) is 9.52. The van der Waals surface area contributed by atoms with Gasteiger partial charge >= 0.3 is 0 Å². The standard InChI is InChI=1S/C10H22N2S/c1-10-9-12(7-8-13-10)6-4-3-5-11-2/h10-11H,3-9H2,1-2H3. The fraction of sp³-hybridized carbons (Fsp3) is 1.00. The Morgan fingerprint density at radius 3 is 3.00 bits per heavy atom. The molecule has 1 saturated heterocycles. The number of rotatable bonds is 5. The molecule has 1 aliphatic rings. The Bertz CT molecular complexity index is 130. The van der Waals surface area contributed by atoms with Crippen LogP contribution in [0.2, 0.25) is 0 Å². The van der Waals surface area contributed by atoms with Crippen molar-refractivity contribution in [2.75, 3.05) is 39.0 Å². The summed E-state index contributed by atoms with van der Waals surface area (Å²) in [6, 6.07) is 0. The summed E-state index contributed by atoms with van der Waals surface area (Å²) < 4.78 is 0. The second-order valence-electron chi connectivity index (χ2n) is 3.79. The van der Waals surface area contributed by atoms with Crippen molar-refractivity contribution in [3.05, 3.63) is 0 Å².